The molecule has 212 valence electrons. The summed E-state index contributed by atoms with van der Waals surface area (Å²) in [4.78, 5) is 29.3. The lowest BCUT2D eigenvalue weighted by Crippen LogP contribution is -2.27. The second-order valence-corrected chi connectivity index (χ2v) is 9.91. The Hall–Kier alpha value is -5.38. The van der Waals surface area contributed by atoms with Gasteiger partial charge in [0.1, 0.15) is 22.8 Å². The number of carbonyl (C=O) groups is 1. The SMILES string of the molecule is CC(C)(C)OC(=O)n1nc(F)c2cc(C#Cc3ccnc(-c4ccnc(NCc5cc(F)cc(F)c5F)n4)n3)ccc21. The molecule has 0 spiro atoms. The highest BCUT2D eigenvalue weighted by Gasteiger charge is 2.22. The number of benzene rings is 2. The van der Waals surface area contributed by atoms with Crippen LogP contribution in [0.1, 0.15) is 37.6 Å². The van der Waals surface area contributed by atoms with Gasteiger partial charge in [-0.05, 0) is 63.1 Å². The Kier molecular flexibility index (Phi) is 7.54. The smallest absolute Gasteiger partial charge is 0.435 e. The van der Waals surface area contributed by atoms with Crippen molar-refractivity contribution in [3.05, 3.63) is 95.1 Å². The van der Waals surface area contributed by atoms with Crippen molar-refractivity contribution in [1.29, 1.82) is 0 Å². The van der Waals surface area contributed by atoms with Crippen molar-refractivity contribution in [3.8, 4) is 23.4 Å². The summed E-state index contributed by atoms with van der Waals surface area (Å²) in [6.45, 7) is 4.82. The van der Waals surface area contributed by atoms with Crippen LogP contribution in [0.3, 0.4) is 0 Å². The van der Waals surface area contributed by atoms with Crippen molar-refractivity contribution in [2.45, 2.75) is 32.9 Å². The molecule has 0 aliphatic carbocycles. The monoisotopic (exact) mass is 575 g/mol. The molecule has 0 radical (unpaired) electrons. The highest BCUT2D eigenvalue weighted by Crippen LogP contribution is 2.21. The Morgan fingerprint density at radius 1 is 0.976 bits per heavy atom. The number of carbonyl (C=O) groups excluding carboxylic acids is 1. The molecule has 0 aliphatic heterocycles. The van der Waals surface area contributed by atoms with Crippen LogP contribution in [-0.2, 0) is 11.3 Å². The van der Waals surface area contributed by atoms with Gasteiger partial charge in [0.2, 0.25) is 11.9 Å². The molecular weight excluding hydrogens is 554 g/mol. The fourth-order valence-electron chi connectivity index (χ4n) is 3.77. The molecule has 0 amide bonds. The molecular formula is C29H21F4N7O2. The number of anilines is 1. The van der Waals surface area contributed by atoms with Crippen LogP contribution in [0.5, 0.6) is 0 Å². The summed E-state index contributed by atoms with van der Waals surface area (Å²) < 4.78 is 61.6. The van der Waals surface area contributed by atoms with E-state index in [1.54, 1.807) is 39.0 Å². The summed E-state index contributed by atoms with van der Waals surface area (Å²) >= 11 is 0. The van der Waals surface area contributed by atoms with Crippen LogP contribution >= 0.6 is 0 Å². The van der Waals surface area contributed by atoms with E-state index in [-0.39, 0.29) is 34.8 Å². The number of nitrogens with zero attached hydrogens (tertiary/aromatic N) is 6. The Morgan fingerprint density at radius 2 is 1.76 bits per heavy atom. The first-order chi connectivity index (χ1) is 20.0. The molecule has 5 aromatic rings. The predicted octanol–water partition coefficient (Wildman–Crippen LogP) is 5.63. The zero-order valence-corrected chi connectivity index (χ0v) is 22.4. The van der Waals surface area contributed by atoms with Gasteiger partial charge >= 0.3 is 6.09 Å². The van der Waals surface area contributed by atoms with E-state index in [2.05, 4.69) is 42.2 Å². The molecule has 1 N–H and O–H groups in total. The van der Waals surface area contributed by atoms with E-state index in [1.807, 2.05) is 0 Å². The molecule has 9 nitrogen and oxygen atoms in total. The number of hydrogen-bond donors (Lipinski definition) is 1. The van der Waals surface area contributed by atoms with Gasteiger partial charge in [0.15, 0.2) is 17.5 Å². The minimum atomic E-state index is -1.30. The third-order valence-corrected chi connectivity index (χ3v) is 5.58. The maximum absolute atomic E-state index is 14.5. The number of halogens is 4. The highest BCUT2D eigenvalue weighted by atomic mass is 19.2. The average Bonchev–Trinajstić information content (AvgIpc) is 3.28. The summed E-state index contributed by atoms with van der Waals surface area (Å²) in [5.74, 6) is 1.81. The summed E-state index contributed by atoms with van der Waals surface area (Å²) in [6, 6.07) is 9.03. The molecule has 0 atom stereocenters. The third kappa shape index (κ3) is 6.33. The molecule has 3 heterocycles. The van der Waals surface area contributed by atoms with Crippen LogP contribution in [0.15, 0.2) is 54.9 Å². The first-order valence-corrected chi connectivity index (χ1v) is 12.4. The molecule has 3 aromatic heterocycles. The van der Waals surface area contributed by atoms with Gasteiger partial charge in [0.25, 0.3) is 0 Å². The van der Waals surface area contributed by atoms with Crippen molar-refractivity contribution >= 4 is 22.9 Å². The van der Waals surface area contributed by atoms with Gasteiger partial charge in [0.05, 0.1) is 10.9 Å². The third-order valence-electron chi connectivity index (χ3n) is 5.58. The summed E-state index contributed by atoms with van der Waals surface area (Å²) in [7, 11) is 0. The van der Waals surface area contributed by atoms with Gasteiger partial charge in [-0.1, -0.05) is 5.92 Å². The zero-order chi connectivity index (χ0) is 30.0. The van der Waals surface area contributed by atoms with Crippen LogP contribution in [-0.4, -0.2) is 41.4 Å². The topological polar surface area (TPSA) is 108 Å². The van der Waals surface area contributed by atoms with E-state index in [4.69, 9.17) is 4.74 Å². The van der Waals surface area contributed by atoms with E-state index < -0.39 is 35.1 Å². The molecule has 0 saturated carbocycles. The molecule has 0 bridgehead atoms. The maximum Gasteiger partial charge on any atom is 0.435 e. The predicted molar refractivity (Wildman–Crippen MR) is 144 cm³/mol. The van der Waals surface area contributed by atoms with Gasteiger partial charge in [-0.15, -0.1) is 5.10 Å². The Morgan fingerprint density at radius 3 is 2.55 bits per heavy atom. The van der Waals surface area contributed by atoms with Crippen LogP contribution in [0.4, 0.5) is 28.3 Å². The second-order valence-electron chi connectivity index (χ2n) is 9.91. The van der Waals surface area contributed by atoms with Gasteiger partial charge in [-0.25, -0.2) is 37.9 Å². The highest BCUT2D eigenvalue weighted by molar-refractivity contribution is 5.89. The maximum atomic E-state index is 14.5. The normalized spacial score (nSPS) is 11.2. The average molecular weight is 576 g/mol. The van der Waals surface area contributed by atoms with Crippen LogP contribution in [0.2, 0.25) is 0 Å². The quantitative estimate of drug-likeness (QED) is 0.167. The minimum absolute atomic E-state index is 0.0545. The molecule has 0 fully saturated rings. The Labute approximate surface area is 236 Å². The van der Waals surface area contributed by atoms with Gasteiger partial charge in [-0.2, -0.15) is 9.07 Å². The lowest BCUT2D eigenvalue weighted by Gasteiger charge is -2.19. The van der Waals surface area contributed by atoms with Crippen LogP contribution in [0, 0.1) is 35.2 Å². The van der Waals surface area contributed by atoms with Crippen LogP contribution in [0.25, 0.3) is 22.4 Å². The second kappa shape index (κ2) is 11.2. The fraction of sp³-hybridized carbons (Fsp3) is 0.172. The first kappa shape index (κ1) is 28.2. The van der Waals surface area contributed by atoms with E-state index in [9.17, 15) is 22.4 Å². The van der Waals surface area contributed by atoms with E-state index in [0.29, 0.717) is 23.0 Å². The summed E-state index contributed by atoms with van der Waals surface area (Å²) in [5, 5.41) is 6.48. The molecule has 2 aromatic carbocycles. The number of hydrogen-bond acceptors (Lipinski definition) is 8. The van der Waals surface area contributed by atoms with Gasteiger partial charge in [0, 0.05) is 36.1 Å². The van der Waals surface area contributed by atoms with Gasteiger partial charge in [-0.3, -0.25) is 0 Å². The summed E-state index contributed by atoms with van der Waals surface area (Å²) in [5.41, 5.74) is 0.302. The van der Waals surface area contributed by atoms with E-state index in [0.717, 1.165) is 10.7 Å². The standard InChI is InChI=1S/C29H21F4N7O2/c1-29(2,3)42-28(41)40-23-7-5-16(12-20(23)25(33)39-40)4-6-19-8-10-34-26(37-19)22-9-11-35-27(38-22)36-15-17-13-18(30)14-21(31)24(17)32/h5,7-14H,15H2,1-3H3,(H,35,36,38). The lowest BCUT2D eigenvalue weighted by atomic mass is 10.1. The molecule has 0 aliphatic rings. The molecule has 13 heteroatoms. The van der Waals surface area contributed by atoms with E-state index >= 15 is 0 Å². The van der Waals surface area contributed by atoms with Crippen molar-refractivity contribution < 1.29 is 27.1 Å². The molecule has 5 rings (SSSR count). The molecule has 42 heavy (non-hydrogen) atoms. The largest absolute Gasteiger partial charge is 0.442 e. The molecule has 0 saturated heterocycles. The fourth-order valence-corrected chi connectivity index (χ4v) is 3.77. The lowest BCUT2D eigenvalue weighted by molar-refractivity contribution is 0.0519. The first-order valence-electron chi connectivity index (χ1n) is 12.4. The number of rotatable bonds is 4. The van der Waals surface area contributed by atoms with Gasteiger partial charge < -0.3 is 10.1 Å². The van der Waals surface area contributed by atoms with Crippen molar-refractivity contribution in [3.63, 3.8) is 0 Å². The Bertz CT molecular complexity index is 1890. The number of fused-ring (bicyclic) bond motifs is 1. The minimum Gasteiger partial charge on any atom is -0.442 e. The van der Waals surface area contributed by atoms with Crippen molar-refractivity contribution in [2.24, 2.45) is 0 Å². The van der Waals surface area contributed by atoms with E-state index in [1.165, 1.54) is 24.5 Å². The number of aromatic nitrogens is 6. The number of nitrogens with one attached hydrogen (secondary N) is 1. The zero-order valence-electron chi connectivity index (χ0n) is 22.4. The van der Waals surface area contributed by atoms with Crippen molar-refractivity contribution in [1.82, 2.24) is 29.7 Å². The number of ether oxygens (including phenoxy) is 1. The Balaban J connectivity index is 1.34. The summed E-state index contributed by atoms with van der Waals surface area (Å²) in [6.07, 6.45) is 2.08. The van der Waals surface area contributed by atoms with Crippen LogP contribution < -0.4 is 5.32 Å². The van der Waals surface area contributed by atoms with Crippen molar-refractivity contribution in [2.75, 3.05) is 5.32 Å². The molecule has 0 unspecified atom stereocenters.